The Kier molecular flexibility index (Phi) is 18.2. The van der Waals surface area contributed by atoms with E-state index in [1.165, 1.54) is 54.6 Å². The molecule has 3 unspecified atom stereocenters. The third-order valence-corrected chi connectivity index (χ3v) is 15.6. The number of carboxylic acid groups (broad SMARTS) is 6. The number of hydrogen-bond acceptors (Lipinski definition) is 11. The number of amides is 3. The van der Waals surface area contributed by atoms with Gasteiger partial charge in [-0.3, -0.25) is 24.5 Å². The fourth-order valence-corrected chi connectivity index (χ4v) is 11.1. The summed E-state index contributed by atoms with van der Waals surface area (Å²) in [4.78, 5) is 139. The Labute approximate surface area is 498 Å². The number of carboxylic acids is 6. The Morgan fingerprint density at radius 2 is 0.682 bits per heavy atom. The second kappa shape index (κ2) is 26.2. The Balaban J connectivity index is 0.975. The summed E-state index contributed by atoms with van der Waals surface area (Å²) < 4.78 is 0. The first-order valence-corrected chi connectivity index (χ1v) is 27.6. The van der Waals surface area contributed by atoms with Crippen LogP contribution in [0.4, 0.5) is 0 Å². The molecule has 0 bridgehead atoms. The van der Waals surface area contributed by atoms with Crippen LogP contribution in [0.5, 0.6) is 0 Å². The second-order valence-corrected chi connectivity index (χ2v) is 21.2. The summed E-state index contributed by atoms with van der Waals surface area (Å²) in [7, 11) is 0. The molecule has 0 spiro atoms. The lowest BCUT2D eigenvalue weighted by atomic mass is 9.83. The van der Waals surface area contributed by atoms with Crippen molar-refractivity contribution < 1.29 is 78.7 Å². The third kappa shape index (κ3) is 13.7. The van der Waals surface area contributed by atoms with Gasteiger partial charge in [0.05, 0.1) is 16.7 Å². The molecule has 0 aliphatic heterocycles. The number of carbonyl (C=O) groups excluding carboxylic acids is 3. The number of para-hydroxylation sites is 3. The van der Waals surface area contributed by atoms with Crippen LogP contribution in [-0.4, -0.2) is 128 Å². The van der Waals surface area contributed by atoms with Gasteiger partial charge in [-0.2, -0.15) is 0 Å². The van der Waals surface area contributed by atoms with Crippen molar-refractivity contribution in [3.05, 3.63) is 189 Å². The number of aromatic nitrogens is 3. The minimum absolute atomic E-state index is 0.0542. The summed E-state index contributed by atoms with van der Waals surface area (Å²) in [6.45, 7) is 0. The number of nitrogens with zero attached hydrogens (tertiary/aromatic N) is 1. The maximum absolute atomic E-state index is 14.0. The zero-order valence-electron chi connectivity index (χ0n) is 46.6. The van der Waals surface area contributed by atoms with Crippen LogP contribution in [0, 0.1) is 10.1 Å². The van der Waals surface area contributed by atoms with Crippen LogP contribution in [0.3, 0.4) is 0 Å². The van der Waals surface area contributed by atoms with E-state index in [1.54, 1.807) is 91.0 Å². The average molecular weight is 1200 g/mol. The lowest BCUT2D eigenvalue weighted by Crippen LogP contribution is -2.47. The maximum atomic E-state index is 14.0. The molecule has 0 aliphatic rings. The predicted octanol–water partition coefficient (Wildman–Crippen LogP) is 8.32. The zero-order valence-corrected chi connectivity index (χ0v) is 46.6. The smallest absolute Gasteiger partial charge is 0.335 e. The van der Waals surface area contributed by atoms with Crippen LogP contribution in [0.1, 0.15) is 86.3 Å². The topological polar surface area (TPSA) is 402 Å². The number of aliphatic carboxylic acids is 3. The first kappa shape index (κ1) is 61.1. The van der Waals surface area contributed by atoms with Gasteiger partial charge >= 0.3 is 35.8 Å². The largest absolute Gasteiger partial charge is 0.480 e. The van der Waals surface area contributed by atoms with Gasteiger partial charge in [0.25, 0.3) is 0 Å². The molecule has 0 saturated carbocycles. The molecule has 450 valence electrons. The number of H-pyrrole nitrogens is 3. The van der Waals surface area contributed by atoms with Crippen LogP contribution >= 0.6 is 0 Å². The quantitative estimate of drug-likeness (QED) is 0.0162. The van der Waals surface area contributed by atoms with Crippen molar-refractivity contribution in [3.63, 3.8) is 0 Å². The molecule has 24 nitrogen and oxygen atoms in total. The van der Waals surface area contributed by atoms with E-state index >= 15 is 0 Å². The SMILES string of the molecule is O=C(CCC(CCC(=O)NC(Cc1c(-c2cccc(C(=O)O)c2)[nH]c2ccccc12)C(=O)O)(CCC(=O)NC(Cc1c(-c2cccc(C(=O)O)c2)[nH]c2ccccc12)C(=O)O)[N+](=O)[O-])NC(Cc1c(-c2cccc(C(=O)O)c2)[nH]c2ccccc12)C(=O)O. The summed E-state index contributed by atoms with van der Waals surface area (Å²) in [5, 5.41) is 83.4. The number of nitrogens with one attached hydrogen (secondary N) is 6. The van der Waals surface area contributed by atoms with Crippen molar-refractivity contribution in [2.75, 3.05) is 0 Å². The number of fused-ring (bicyclic) bond motifs is 3. The van der Waals surface area contributed by atoms with Crippen LogP contribution < -0.4 is 16.0 Å². The van der Waals surface area contributed by atoms with Crippen molar-refractivity contribution >= 4 is 86.2 Å². The van der Waals surface area contributed by atoms with E-state index < -0.39 is 121 Å². The Hall–Kier alpha value is -11.4. The van der Waals surface area contributed by atoms with Gasteiger partial charge in [0, 0.05) is 113 Å². The Morgan fingerprint density at radius 1 is 0.409 bits per heavy atom. The van der Waals surface area contributed by atoms with Gasteiger partial charge in [0.2, 0.25) is 23.3 Å². The average Bonchev–Trinajstić information content (AvgIpc) is 2.12. The molecule has 88 heavy (non-hydrogen) atoms. The van der Waals surface area contributed by atoms with Gasteiger partial charge in [-0.15, -0.1) is 0 Å². The summed E-state index contributed by atoms with van der Waals surface area (Å²) in [6, 6.07) is 33.2. The number of carbonyl (C=O) groups is 9. The number of aromatic amines is 3. The molecule has 0 radical (unpaired) electrons. The number of nitro groups is 1. The lowest BCUT2D eigenvalue weighted by molar-refractivity contribution is -0.573. The molecule has 0 fully saturated rings. The van der Waals surface area contributed by atoms with Gasteiger partial charge in [0.1, 0.15) is 18.1 Å². The summed E-state index contributed by atoms with van der Waals surface area (Å²) in [6.07, 6.45) is -5.56. The molecule has 3 heterocycles. The minimum atomic E-state index is -2.38. The van der Waals surface area contributed by atoms with Gasteiger partial charge in [-0.1, -0.05) is 91.0 Å². The third-order valence-electron chi connectivity index (χ3n) is 15.6. The van der Waals surface area contributed by atoms with Crippen molar-refractivity contribution in [2.45, 2.75) is 81.5 Å². The monoisotopic (exact) mass is 1200 g/mol. The standard InChI is InChI=1S/C64H57N7O17/c72-52(65-49(61(81)82)31-43-40-16-1-4-19-46(40)68-55(43)34-10-7-13-37(28-34)58(75)76)22-25-64(71(87)88,26-23-53(73)66-50(62(83)84)32-44-41-17-2-5-20-47(41)69-56(44)35-11-8-14-38(29-35)59(77)78)27-24-54(74)67-51(63(85)86)33-45-42-18-3-6-21-48(42)70-57(45)36-12-9-15-39(30-36)60(79)80/h1-21,28-30,49-51,68-70H,22-27,31-33H2,(H,65,72)(H,66,73)(H,67,74)(H,75,76)(H,77,78)(H,79,80)(H,81,82)(H,83,84)(H,85,86). The second-order valence-electron chi connectivity index (χ2n) is 21.2. The molecular weight excluding hydrogens is 1140 g/mol. The van der Waals surface area contributed by atoms with Crippen molar-refractivity contribution in [1.29, 1.82) is 0 Å². The summed E-state index contributed by atoms with van der Waals surface area (Å²) in [5.41, 5.74) is 2.61. The lowest BCUT2D eigenvalue weighted by Gasteiger charge is -2.26. The van der Waals surface area contributed by atoms with E-state index in [-0.39, 0.29) is 36.0 Å². The minimum Gasteiger partial charge on any atom is -0.480 e. The highest BCUT2D eigenvalue weighted by molar-refractivity contribution is 5.98. The van der Waals surface area contributed by atoms with Crippen LogP contribution in [0.25, 0.3) is 66.5 Å². The van der Waals surface area contributed by atoms with Crippen LogP contribution in [0.15, 0.2) is 146 Å². The summed E-state index contributed by atoms with van der Waals surface area (Å²) in [5.74, 6) is -11.1. The van der Waals surface area contributed by atoms with Gasteiger partial charge in [-0.05, 0) is 88.0 Å². The molecule has 12 N–H and O–H groups in total. The molecule has 3 aromatic heterocycles. The van der Waals surface area contributed by atoms with E-state index in [0.717, 1.165) is 0 Å². The van der Waals surface area contributed by atoms with Crippen LogP contribution in [0.2, 0.25) is 0 Å². The van der Waals surface area contributed by atoms with E-state index in [0.29, 0.717) is 83.2 Å². The highest BCUT2D eigenvalue weighted by Crippen LogP contribution is 2.36. The van der Waals surface area contributed by atoms with E-state index in [4.69, 9.17) is 0 Å². The Bertz CT molecular complexity index is 3840. The Morgan fingerprint density at radius 3 is 0.932 bits per heavy atom. The molecule has 9 rings (SSSR count). The van der Waals surface area contributed by atoms with E-state index in [2.05, 4.69) is 30.9 Å². The molecule has 0 aliphatic carbocycles. The molecule has 6 aromatic carbocycles. The summed E-state index contributed by atoms with van der Waals surface area (Å²) >= 11 is 0. The molecule has 3 amide bonds. The fourth-order valence-electron chi connectivity index (χ4n) is 11.1. The van der Waals surface area contributed by atoms with Gasteiger partial charge in [-0.25, -0.2) is 28.8 Å². The van der Waals surface area contributed by atoms with Crippen molar-refractivity contribution in [3.8, 4) is 33.8 Å². The number of benzene rings is 6. The van der Waals surface area contributed by atoms with Gasteiger partial charge in [0.15, 0.2) is 0 Å². The van der Waals surface area contributed by atoms with Gasteiger partial charge < -0.3 is 61.5 Å². The molecule has 3 atom stereocenters. The van der Waals surface area contributed by atoms with E-state index in [1.807, 2.05) is 0 Å². The molecule has 24 heteroatoms. The molecule has 9 aromatic rings. The number of aromatic carboxylic acids is 3. The molecule has 0 saturated heterocycles. The van der Waals surface area contributed by atoms with Crippen LogP contribution in [-0.2, 0) is 48.0 Å². The zero-order chi connectivity index (χ0) is 63.0. The van der Waals surface area contributed by atoms with Crippen molar-refractivity contribution in [1.82, 2.24) is 30.9 Å². The highest BCUT2D eigenvalue weighted by atomic mass is 16.6. The molecular formula is C64H57N7O17. The number of rotatable bonds is 28. The first-order chi connectivity index (χ1) is 42.1. The predicted molar refractivity (Wildman–Crippen MR) is 319 cm³/mol. The highest BCUT2D eigenvalue weighted by Gasteiger charge is 2.44. The van der Waals surface area contributed by atoms with Crippen molar-refractivity contribution in [2.24, 2.45) is 0 Å². The number of hydrogen-bond donors (Lipinski definition) is 12. The first-order valence-electron chi connectivity index (χ1n) is 27.6. The maximum Gasteiger partial charge on any atom is 0.335 e. The normalized spacial score (nSPS) is 13.0. The van der Waals surface area contributed by atoms with E-state index in [9.17, 15) is 83.9 Å². The fraction of sp³-hybridized carbons (Fsp3) is 0.203.